The van der Waals surface area contributed by atoms with Crippen LogP contribution in [-0.4, -0.2) is 0 Å². The third-order valence-electron chi connectivity index (χ3n) is 2.80. The van der Waals surface area contributed by atoms with Crippen LogP contribution < -0.4 is 0 Å². The van der Waals surface area contributed by atoms with Crippen molar-refractivity contribution in [3.63, 3.8) is 0 Å². The molecule has 2 heteroatoms. The van der Waals surface area contributed by atoms with Gasteiger partial charge < -0.3 is 0 Å². The summed E-state index contributed by atoms with van der Waals surface area (Å²) in [4.78, 5) is 0. The summed E-state index contributed by atoms with van der Waals surface area (Å²) in [7, 11) is 0. The first kappa shape index (κ1) is 12.3. The van der Waals surface area contributed by atoms with E-state index in [9.17, 15) is 0 Å². The summed E-state index contributed by atoms with van der Waals surface area (Å²) in [5.41, 5.74) is 4.39. The predicted octanol–water partition coefficient (Wildman–Crippen LogP) is 3.25. The molecule has 0 fully saturated rings. The molecule has 0 unspecified atom stereocenters. The molecule has 0 saturated carbocycles. The molecule has 0 aromatic heterocycles. The van der Waals surface area contributed by atoms with Crippen LogP contribution >= 0.6 is 0 Å². The van der Waals surface area contributed by atoms with E-state index in [1.807, 2.05) is 0 Å². The Balaban J connectivity index is 3.46. The number of hydrogen-bond donors (Lipinski definition) is 0. The van der Waals surface area contributed by atoms with Crippen molar-refractivity contribution in [2.45, 2.75) is 39.5 Å². The Labute approximate surface area is 97.1 Å². The van der Waals surface area contributed by atoms with Gasteiger partial charge in [0.1, 0.15) is 0 Å². The largest absolute Gasteiger partial charge is 0.196 e. The van der Waals surface area contributed by atoms with Crippen molar-refractivity contribution in [1.82, 2.24) is 0 Å². The van der Waals surface area contributed by atoms with Crippen LogP contribution in [-0.2, 0) is 12.8 Å². The maximum Gasteiger partial charge on any atom is 0.158 e. The number of hydrogen-bond acceptors (Lipinski definition) is 2. The van der Waals surface area contributed by atoms with Crippen molar-refractivity contribution in [1.29, 1.82) is 10.5 Å². The molecule has 0 aliphatic rings. The second-order valence-electron chi connectivity index (χ2n) is 3.90. The predicted molar refractivity (Wildman–Crippen MR) is 63.9 cm³/mol. The molecule has 0 radical (unpaired) electrons. The fraction of sp³-hybridized carbons (Fsp3) is 0.429. The highest BCUT2D eigenvalue weighted by atomic mass is 14.3. The van der Waals surface area contributed by atoms with E-state index in [2.05, 4.69) is 45.0 Å². The first-order valence-corrected chi connectivity index (χ1v) is 5.59. The zero-order valence-electron chi connectivity index (χ0n) is 10.0. The molecule has 0 N–H and O–H groups in total. The number of aryl methyl sites for hydroxylation is 3. The van der Waals surface area contributed by atoms with Gasteiger partial charge in [-0.1, -0.05) is 31.5 Å². The molecule has 0 bridgehead atoms. The zero-order valence-corrected chi connectivity index (χ0v) is 10.0. The number of nitriles is 2. The topological polar surface area (TPSA) is 47.6 Å². The lowest BCUT2D eigenvalue weighted by Crippen LogP contribution is -2.04. The number of nitrogens with zero attached hydrogens (tertiary/aromatic N) is 2. The van der Waals surface area contributed by atoms with Gasteiger partial charge >= 0.3 is 0 Å². The highest BCUT2D eigenvalue weighted by Crippen LogP contribution is 2.26. The van der Waals surface area contributed by atoms with Crippen molar-refractivity contribution in [2.24, 2.45) is 0 Å². The summed E-state index contributed by atoms with van der Waals surface area (Å²) in [6.07, 6.45) is 1.73. The van der Waals surface area contributed by atoms with E-state index in [1.165, 1.54) is 5.56 Å². The molecule has 0 amide bonds. The Morgan fingerprint density at radius 3 is 1.81 bits per heavy atom. The maximum absolute atomic E-state index is 9.02. The molecule has 0 heterocycles. The minimum atomic E-state index is -0.634. The average molecular weight is 212 g/mol. The lowest BCUT2D eigenvalue weighted by Gasteiger charge is -2.14. The molecule has 0 spiro atoms. The van der Waals surface area contributed by atoms with Crippen molar-refractivity contribution < 1.29 is 0 Å². The summed E-state index contributed by atoms with van der Waals surface area (Å²) < 4.78 is 0. The van der Waals surface area contributed by atoms with Crippen LogP contribution in [0.2, 0.25) is 0 Å². The molecule has 1 aromatic carbocycles. The Kier molecular flexibility index (Phi) is 4.09. The fourth-order valence-electron chi connectivity index (χ4n) is 2.07. The monoisotopic (exact) mass is 212 g/mol. The van der Waals surface area contributed by atoms with Crippen molar-refractivity contribution in [3.8, 4) is 12.1 Å². The number of benzene rings is 1. The van der Waals surface area contributed by atoms with Crippen molar-refractivity contribution in [2.75, 3.05) is 0 Å². The molecule has 0 atom stereocenters. The quantitative estimate of drug-likeness (QED) is 0.772. The van der Waals surface area contributed by atoms with Gasteiger partial charge in [0.25, 0.3) is 0 Å². The van der Waals surface area contributed by atoms with Crippen molar-refractivity contribution >= 4 is 0 Å². The standard InChI is InChI=1S/C14H16N2/c1-4-11-6-10(3)7-12(5-2)14(11)13(8-15)9-16/h6-7,13H,4-5H2,1-3H3. The first-order valence-electron chi connectivity index (χ1n) is 5.59. The van der Waals surface area contributed by atoms with E-state index < -0.39 is 5.92 Å². The highest BCUT2D eigenvalue weighted by Gasteiger charge is 2.17. The summed E-state index contributed by atoms with van der Waals surface area (Å²) in [6, 6.07) is 8.31. The molecular formula is C14H16N2. The zero-order chi connectivity index (χ0) is 12.1. The summed E-state index contributed by atoms with van der Waals surface area (Å²) in [5.74, 6) is -0.634. The normalized spacial score (nSPS) is 9.88. The van der Waals surface area contributed by atoms with Crippen molar-refractivity contribution in [3.05, 3.63) is 34.4 Å². The first-order chi connectivity index (χ1) is 7.67. The van der Waals surface area contributed by atoms with Crippen LogP contribution in [0.1, 0.15) is 42.0 Å². The van der Waals surface area contributed by atoms with Gasteiger partial charge in [-0.3, -0.25) is 0 Å². The maximum atomic E-state index is 9.02. The smallest absolute Gasteiger partial charge is 0.158 e. The van der Waals surface area contributed by atoms with E-state index in [1.54, 1.807) is 0 Å². The minimum absolute atomic E-state index is 0.634. The van der Waals surface area contributed by atoms with Crippen LogP contribution in [0.5, 0.6) is 0 Å². The molecule has 2 nitrogen and oxygen atoms in total. The van der Waals surface area contributed by atoms with Crippen LogP contribution in [0, 0.1) is 29.6 Å². The van der Waals surface area contributed by atoms with Gasteiger partial charge in [-0.2, -0.15) is 10.5 Å². The molecule has 1 rings (SSSR count). The lowest BCUT2D eigenvalue weighted by atomic mass is 9.87. The van der Waals surface area contributed by atoms with Crippen LogP contribution in [0.15, 0.2) is 12.1 Å². The molecule has 16 heavy (non-hydrogen) atoms. The Bertz CT molecular complexity index is 422. The van der Waals surface area contributed by atoms with Gasteiger partial charge in [-0.25, -0.2) is 0 Å². The molecule has 0 saturated heterocycles. The fourth-order valence-corrected chi connectivity index (χ4v) is 2.07. The van der Waals surface area contributed by atoms with Crippen LogP contribution in [0.25, 0.3) is 0 Å². The Hall–Kier alpha value is -1.80. The lowest BCUT2D eigenvalue weighted by molar-refractivity contribution is 0.963. The van der Waals surface area contributed by atoms with E-state index in [-0.39, 0.29) is 0 Å². The molecule has 1 aromatic rings. The second kappa shape index (κ2) is 5.33. The van der Waals surface area contributed by atoms with Gasteiger partial charge in [0.2, 0.25) is 0 Å². The summed E-state index contributed by atoms with van der Waals surface area (Å²) >= 11 is 0. The Morgan fingerprint density at radius 1 is 1.06 bits per heavy atom. The minimum Gasteiger partial charge on any atom is -0.196 e. The van der Waals surface area contributed by atoms with Gasteiger partial charge in [-0.05, 0) is 36.5 Å². The Morgan fingerprint density at radius 2 is 1.50 bits per heavy atom. The van der Waals surface area contributed by atoms with E-state index in [0.29, 0.717) is 0 Å². The third kappa shape index (κ3) is 2.23. The third-order valence-corrected chi connectivity index (χ3v) is 2.80. The SMILES string of the molecule is CCc1cc(C)cc(CC)c1C(C#N)C#N. The molecule has 0 aliphatic carbocycles. The highest BCUT2D eigenvalue weighted by molar-refractivity contribution is 5.46. The van der Waals surface area contributed by atoms with Crippen LogP contribution in [0.4, 0.5) is 0 Å². The van der Waals surface area contributed by atoms with Gasteiger partial charge in [0.15, 0.2) is 5.92 Å². The molecule has 82 valence electrons. The molecular weight excluding hydrogens is 196 g/mol. The van der Waals surface area contributed by atoms with E-state index >= 15 is 0 Å². The summed E-state index contributed by atoms with van der Waals surface area (Å²) in [6.45, 7) is 6.17. The average Bonchev–Trinajstić information content (AvgIpc) is 2.31. The van der Waals surface area contributed by atoms with Gasteiger partial charge in [-0.15, -0.1) is 0 Å². The number of rotatable bonds is 3. The summed E-state index contributed by atoms with van der Waals surface area (Å²) in [5, 5.41) is 18.0. The van der Waals surface area contributed by atoms with E-state index in [4.69, 9.17) is 10.5 Å². The van der Waals surface area contributed by atoms with Gasteiger partial charge in [0.05, 0.1) is 12.1 Å². The van der Waals surface area contributed by atoms with Gasteiger partial charge in [0, 0.05) is 0 Å². The van der Waals surface area contributed by atoms with E-state index in [0.717, 1.165) is 29.5 Å². The molecule has 0 aliphatic heterocycles. The van der Waals surface area contributed by atoms with Crippen LogP contribution in [0.3, 0.4) is 0 Å². The second-order valence-corrected chi connectivity index (χ2v) is 3.90.